The summed E-state index contributed by atoms with van der Waals surface area (Å²) < 4.78 is 5.46. The SMILES string of the molecule is CCc1ccc(C2(C(=O)O)CCCO2)s1. The summed E-state index contributed by atoms with van der Waals surface area (Å²) in [5.41, 5.74) is -1.06. The number of carboxylic acids is 1. The van der Waals surface area contributed by atoms with Crippen molar-refractivity contribution in [2.24, 2.45) is 0 Å². The molecule has 0 bridgehead atoms. The van der Waals surface area contributed by atoms with Crippen LogP contribution in [0, 0.1) is 0 Å². The zero-order valence-electron chi connectivity index (χ0n) is 8.66. The molecule has 1 atom stereocenters. The predicted octanol–water partition coefficient (Wildman–Crippen LogP) is 2.40. The molecule has 2 heterocycles. The minimum absolute atomic E-state index is 0.547. The van der Waals surface area contributed by atoms with Crippen molar-refractivity contribution in [3.8, 4) is 0 Å². The highest BCUT2D eigenvalue weighted by molar-refractivity contribution is 7.12. The van der Waals surface area contributed by atoms with Gasteiger partial charge < -0.3 is 9.84 Å². The molecule has 0 amide bonds. The Morgan fingerprint density at radius 3 is 2.93 bits per heavy atom. The summed E-state index contributed by atoms with van der Waals surface area (Å²) >= 11 is 1.55. The molecule has 0 aliphatic carbocycles. The van der Waals surface area contributed by atoms with Crippen molar-refractivity contribution in [2.75, 3.05) is 6.61 Å². The van der Waals surface area contributed by atoms with Gasteiger partial charge in [0.15, 0.2) is 5.60 Å². The van der Waals surface area contributed by atoms with Crippen molar-refractivity contribution in [1.82, 2.24) is 0 Å². The molecule has 3 nitrogen and oxygen atoms in total. The lowest BCUT2D eigenvalue weighted by molar-refractivity contribution is -0.160. The Morgan fingerprint density at radius 2 is 2.47 bits per heavy atom. The van der Waals surface area contributed by atoms with E-state index >= 15 is 0 Å². The second-order valence-electron chi connectivity index (χ2n) is 3.70. The molecule has 15 heavy (non-hydrogen) atoms. The molecule has 0 aromatic carbocycles. The number of aryl methyl sites for hydroxylation is 1. The maximum Gasteiger partial charge on any atom is 0.341 e. The Hall–Kier alpha value is -0.870. The van der Waals surface area contributed by atoms with E-state index in [4.69, 9.17) is 4.74 Å². The van der Waals surface area contributed by atoms with Crippen molar-refractivity contribution in [2.45, 2.75) is 31.8 Å². The standard InChI is InChI=1S/C11H14O3S/c1-2-8-4-5-9(15-8)11(10(12)13)6-3-7-14-11/h4-5H,2-3,6-7H2,1H3,(H,12,13). The lowest BCUT2D eigenvalue weighted by atomic mass is 9.98. The van der Waals surface area contributed by atoms with Crippen LogP contribution >= 0.6 is 11.3 Å². The summed E-state index contributed by atoms with van der Waals surface area (Å²) in [4.78, 5) is 13.3. The molecule has 1 aliphatic rings. The molecule has 0 saturated carbocycles. The van der Waals surface area contributed by atoms with Crippen LogP contribution in [0.3, 0.4) is 0 Å². The van der Waals surface area contributed by atoms with E-state index in [9.17, 15) is 9.90 Å². The molecular formula is C11H14O3S. The molecule has 1 N–H and O–H groups in total. The van der Waals surface area contributed by atoms with Crippen molar-refractivity contribution >= 4 is 17.3 Å². The molecule has 1 saturated heterocycles. The van der Waals surface area contributed by atoms with Crippen LogP contribution in [0.15, 0.2) is 12.1 Å². The van der Waals surface area contributed by atoms with Crippen molar-refractivity contribution in [1.29, 1.82) is 0 Å². The fourth-order valence-electron chi connectivity index (χ4n) is 1.89. The van der Waals surface area contributed by atoms with Gasteiger partial charge in [0, 0.05) is 16.4 Å². The predicted molar refractivity (Wildman–Crippen MR) is 58.2 cm³/mol. The first-order valence-electron chi connectivity index (χ1n) is 5.15. The third-order valence-electron chi connectivity index (χ3n) is 2.78. The number of rotatable bonds is 3. The van der Waals surface area contributed by atoms with Gasteiger partial charge in [-0.25, -0.2) is 4.79 Å². The largest absolute Gasteiger partial charge is 0.479 e. The molecule has 1 aliphatic heterocycles. The number of carbonyl (C=O) groups is 1. The van der Waals surface area contributed by atoms with E-state index in [2.05, 4.69) is 6.92 Å². The second-order valence-corrected chi connectivity index (χ2v) is 4.87. The summed E-state index contributed by atoms with van der Waals surface area (Å²) in [6.45, 7) is 2.62. The molecule has 0 radical (unpaired) electrons. The van der Waals surface area contributed by atoms with Crippen LogP contribution in [-0.2, 0) is 21.6 Å². The Labute approximate surface area is 92.7 Å². The van der Waals surface area contributed by atoms with Crippen molar-refractivity contribution in [3.63, 3.8) is 0 Å². The fourth-order valence-corrected chi connectivity index (χ4v) is 3.01. The van der Waals surface area contributed by atoms with E-state index in [0.717, 1.165) is 17.7 Å². The molecule has 0 spiro atoms. The maximum atomic E-state index is 11.3. The lowest BCUT2D eigenvalue weighted by Gasteiger charge is -2.21. The van der Waals surface area contributed by atoms with Crippen LogP contribution in [-0.4, -0.2) is 17.7 Å². The van der Waals surface area contributed by atoms with Gasteiger partial charge in [-0.1, -0.05) is 6.92 Å². The molecule has 1 aromatic rings. The van der Waals surface area contributed by atoms with E-state index in [1.165, 1.54) is 4.88 Å². The van der Waals surface area contributed by atoms with Gasteiger partial charge in [0.25, 0.3) is 0 Å². The van der Waals surface area contributed by atoms with Gasteiger partial charge in [-0.05, 0) is 31.4 Å². The van der Waals surface area contributed by atoms with Crippen molar-refractivity contribution < 1.29 is 14.6 Å². The van der Waals surface area contributed by atoms with Crippen LogP contribution in [0.5, 0.6) is 0 Å². The van der Waals surface area contributed by atoms with Crippen LogP contribution in [0.4, 0.5) is 0 Å². The first-order chi connectivity index (χ1) is 7.19. The van der Waals surface area contributed by atoms with E-state index < -0.39 is 11.6 Å². The lowest BCUT2D eigenvalue weighted by Crippen LogP contribution is -2.33. The molecule has 1 aromatic heterocycles. The third kappa shape index (κ3) is 1.68. The molecular weight excluding hydrogens is 212 g/mol. The van der Waals surface area contributed by atoms with Gasteiger partial charge in [-0.15, -0.1) is 11.3 Å². The number of hydrogen-bond acceptors (Lipinski definition) is 3. The minimum Gasteiger partial charge on any atom is -0.479 e. The number of ether oxygens (including phenoxy) is 1. The summed E-state index contributed by atoms with van der Waals surface area (Å²) in [7, 11) is 0. The molecule has 82 valence electrons. The highest BCUT2D eigenvalue weighted by Crippen LogP contribution is 2.40. The van der Waals surface area contributed by atoms with Gasteiger partial charge in [0.2, 0.25) is 0 Å². The number of carboxylic acid groups (broad SMARTS) is 1. The van der Waals surface area contributed by atoms with Crippen LogP contribution in [0.2, 0.25) is 0 Å². The Balaban J connectivity index is 2.36. The van der Waals surface area contributed by atoms with E-state index in [0.29, 0.717) is 13.0 Å². The molecule has 1 unspecified atom stereocenters. The molecule has 2 rings (SSSR count). The monoisotopic (exact) mass is 226 g/mol. The quantitative estimate of drug-likeness (QED) is 0.860. The van der Waals surface area contributed by atoms with Crippen molar-refractivity contribution in [3.05, 3.63) is 21.9 Å². The summed E-state index contributed by atoms with van der Waals surface area (Å²) in [6.07, 6.45) is 2.36. The average molecular weight is 226 g/mol. The number of aliphatic carboxylic acids is 1. The number of hydrogen-bond donors (Lipinski definition) is 1. The Bertz CT molecular complexity index is 364. The maximum absolute atomic E-state index is 11.3. The topological polar surface area (TPSA) is 46.5 Å². The van der Waals surface area contributed by atoms with E-state index in [1.807, 2.05) is 12.1 Å². The first-order valence-corrected chi connectivity index (χ1v) is 5.97. The third-order valence-corrected chi connectivity index (χ3v) is 4.15. The minimum atomic E-state index is -1.06. The zero-order valence-corrected chi connectivity index (χ0v) is 9.47. The summed E-state index contributed by atoms with van der Waals surface area (Å²) in [6, 6.07) is 3.88. The summed E-state index contributed by atoms with van der Waals surface area (Å²) in [5.74, 6) is -0.857. The normalized spacial score (nSPS) is 25.7. The first kappa shape index (κ1) is 10.6. The Kier molecular flexibility index (Phi) is 2.80. The Morgan fingerprint density at radius 1 is 1.67 bits per heavy atom. The smallest absolute Gasteiger partial charge is 0.341 e. The molecule has 4 heteroatoms. The summed E-state index contributed by atoms with van der Waals surface area (Å²) in [5, 5.41) is 9.28. The van der Waals surface area contributed by atoms with Gasteiger partial charge in [0.1, 0.15) is 0 Å². The average Bonchev–Trinajstić information content (AvgIpc) is 2.87. The molecule has 1 fully saturated rings. The van der Waals surface area contributed by atoms with Gasteiger partial charge in [-0.2, -0.15) is 0 Å². The van der Waals surface area contributed by atoms with E-state index in [-0.39, 0.29) is 0 Å². The fraction of sp³-hybridized carbons (Fsp3) is 0.545. The highest BCUT2D eigenvalue weighted by Gasteiger charge is 2.45. The van der Waals surface area contributed by atoms with Gasteiger partial charge >= 0.3 is 5.97 Å². The number of thiophene rings is 1. The zero-order chi connectivity index (χ0) is 10.9. The van der Waals surface area contributed by atoms with E-state index in [1.54, 1.807) is 11.3 Å². The van der Waals surface area contributed by atoms with Crippen LogP contribution < -0.4 is 0 Å². The van der Waals surface area contributed by atoms with Crippen LogP contribution in [0.1, 0.15) is 29.5 Å². The van der Waals surface area contributed by atoms with Gasteiger partial charge in [0.05, 0.1) is 0 Å². The van der Waals surface area contributed by atoms with Crippen LogP contribution in [0.25, 0.3) is 0 Å². The second kappa shape index (κ2) is 3.94. The van der Waals surface area contributed by atoms with Gasteiger partial charge in [-0.3, -0.25) is 0 Å². The highest BCUT2D eigenvalue weighted by atomic mass is 32.1.